The Bertz CT molecular complexity index is 278. The van der Waals surface area contributed by atoms with Crippen LogP contribution in [0.5, 0.6) is 5.75 Å². The van der Waals surface area contributed by atoms with Gasteiger partial charge < -0.3 is 15.8 Å². The number of aromatic nitrogens is 1. The second-order valence-corrected chi connectivity index (χ2v) is 3.10. The van der Waals surface area contributed by atoms with Crippen molar-refractivity contribution in [3.8, 4) is 5.75 Å². The van der Waals surface area contributed by atoms with Gasteiger partial charge in [0, 0.05) is 18.8 Å². The van der Waals surface area contributed by atoms with Gasteiger partial charge >= 0.3 is 0 Å². The van der Waals surface area contributed by atoms with E-state index in [2.05, 4.69) is 17.2 Å². The van der Waals surface area contributed by atoms with Crippen LogP contribution in [0.1, 0.15) is 13.3 Å². The van der Waals surface area contributed by atoms with Gasteiger partial charge in [0.25, 0.3) is 0 Å². The Kier molecular flexibility index (Phi) is 4.19. The number of anilines is 1. The van der Waals surface area contributed by atoms with Gasteiger partial charge in [0.05, 0.1) is 7.11 Å². The summed E-state index contributed by atoms with van der Waals surface area (Å²) in [5.41, 5.74) is 5.78. The molecule has 0 fully saturated rings. The van der Waals surface area contributed by atoms with E-state index in [-0.39, 0.29) is 6.04 Å². The normalized spacial score (nSPS) is 12.2. The summed E-state index contributed by atoms with van der Waals surface area (Å²) in [7, 11) is 1.63. The van der Waals surface area contributed by atoms with Crippen molar-refractivity contribution < 1.29 is 4.74 Å². The van der Waals surface area contributed by atoms with Crippen molar-refractivity contribution in [3.63, 3.8) is 0 Å². The Morgan fingerprint density at radius 2 is 2.43 bits per heavy atom. The predicted molar refractivity (Wildman–Crippen MR) is 57.5 cm³/mol. The molecule has 0 aliphatic rings. The lowest BCUT2D eigenvalue weighted by molar-refractivity contribution is 0.414. The van der Waals surface area contributed by atoms with Crippen molar-refractivity contribution in [2.24, 2.45) is 5.73 Å². The molecule has 0 aromatic carbocycles. The van der Waals surface area contributed by atoms with Gasteiger partial charge in [-0.15, -0.1) is 0 Å². The second kappa shape index (κ2) is 5.44. The zero-order chi connectivity index (χ0) is 10.4. The molecule has 4 heteroatoms. The lowest BCUT2D eigenvalue weighted by atomic mass is 10.2. The number of nitrogens with zero attached hydrogens (tertiary/aromatic N) is 1. The summed E-state index contributed by atoms with van der Waals surface area (Å²) >= 11 is 0. The third kappa shape index (κ3) is 2.88. The monoisotopic (exact) mass is 195 g/mol. The predicted octanol–water partition coefficient (Wildman–Crippen LogP) is 1.24. The smallest absolute Gasteiger partial charge is 0.168 e. The standard InChI is InChI=1S/C10H17N3O/c1-3-8(11)7-13-10-9(14-2)5-4-6-12-10/h4-6,8H,3,7,11H2,1-2H3,(H,12,13). The van der Waals surface area contributed by atoms with E-state index in [1.807, 2.05) is 12.1 Å². The van der Waals surface area contributed by atoms with Crippen LogP contribution < -0.4 is 15.8 Å². The van der Waals surface area contributed by atoms with Crippen LogP contribution >= 0.6 is 0 Å². The lowest BCUT2D eigenvalue weighted by Crippen LogP contribution is -2.28. The van der Waals surface area contributed by atoms with E-state index >= 15 is 0 Å². The molecule has 78 valence electrons. The SMILES string of the molecule is CCC(N)CNc1ncccc1OC. The zero-order valence-corrected chi connectivity index (χ0v) is 8.66. The van der Waals surface area contributed by atoms with Crippen molar-refractivity contribution in [2.45, 2.75) is 19.4 Å². The van der Waals surface area contributed by atoms with E-state index in [4.69, 9.17) is 10.5 Å². The summed E-state index contributed by atoms with van der Waals surface area (Å²) in [5, 5.41) is 3.15. The highest BCUT2D eigenvalue weighted by molar-refractivity contribution is 5.49. The zero-order valence-electron chi connectivity index (χ0n) is 8.66. The first-order valence-corrected chi connectivity index (χ1v) is 4.76. The molecule has 3 N–H and O–H groups in total. The fourth-order valence-corrected chi connectivity index (χ4v) is 1.06. The number of methoxy groups -OCH3 is 1. The van der Waals surface area contributed by atoms with E-state index < -0.39 is 0 Å². The van der Waals surface area contributed by atoms with E-state index in [1.165, 1.54) is 0 Å². The highest BCUT2D eigenvalue weighted by Gasteiger charge is 2.04. The van der Waals surface area contributed by atoms with Gasteiger partial charge in [0.1, 0.15) is 0 Å². The molecule has 0 saturated heterocycles. The minimum atomic E-state index is 0.154. The van der Waals surface area contributed by atoms with Crippen LogP contribution in [0.4, 0.5) is 5.82 Å². The Morgan fingerprint density at radius 1 is 1.64 bits per heavy atom. The largest absolute Gasteiger partial charge is 0.493 e. The molecule has 0 radical (unpaired) electrons. The topological polar surface area (TPSA) is 60.2 Å². The Hall–Kier alpha value is -1.29. The average molecular weight is 195 g/mol. The van der Waals surface area contributed by atoms with E-state index in [1.54, 1.807) is 13.3 Å². The average Bonchev–Trinajstić information content (AvgIpc) is 2.26. The highest BCUT2D eigenvalue weighted by atomic mass is 16.5. The number of hydrogen-bond acceptors (Lipinski definition) is 4. The summed E-state index contributed by atoms with van der Waals surface area (Å²) in [6.45, 7) is 2.77. The molecule has 0 bridgehead atoms. The van der Waals surface area contributed by atoms with Crippen molar-refractivity contribution in [3.05, 3.63) is 18.3 Å². The molecular formula is C10H17N3O. The molecule has 1 aromatic rings. The molecule has 14 heavy (non-hydrogen) atoms. The quantitative estimate of drug-likeness (QED) is 0.742. The molecule has 1 rings (SSSR count). The molecule has 1 heterocycles. The molecule has 1 atom stereocenters. The van der Waals surface area contributed by atoms with Crippen molar-refractivity contribution in [1.82, 2.24) is 4.98 Å². The van der Waals surface area contributed by atoms with Crippen LogP contribution in [-0.2, 0) is 0 Å². The van der Waals surface area contributed by atoms with Gasteiger partial charge in [-0.25, -0.2) is 4.98 Å². The molecule has 0 amide bonds. The van der Waals surface area contributed by atoms with E-state index in [0.717, 1.165) is 18.0 Å². The van der Waals surface area contributed by atoms with Crippen LogP contribution in [0, 0.1) is 0 Å². The summed E-state index contributed by atoms with van der Waals surface area (Å²) < 4.78 is 5.15. The number of pyridine rings is 1. The minimum absolute atomic E-state index is 0.154. The van der Waals surface area contributed by atoms with E-state index in [0.29, 0.717) is 6.54 Å². The van der Waals surface area contributed by atoms with Crippen molar-refractivity contribution in [1.29, 1.82) is 0 Å². The lowest BCUT2D eigenvalue weighted by Gasteiger charge is -2.12. The van der Waals surface area contributed by atoms with Crippen LogP contribution in [-0.4, -0.2) is 24.7 Å². The van der Waals surface area contributed by atoms with Crippen molar-refractivity contribution in [2.75, 3.05) is 19.0 Å². The van der Waals surface area contributed by atoms with Crippen LogP contribution in [0.2, 0.25) is 0 Å². The maximum absolute atomic E-state index is 5.78. The first-order valence-electron chi connectivity index (χ1n) is 4.76. The number of nitrogens with two attached hydrogens (primary N) is 1. The third-order valence-electron chi connectivity index (χ3n) is 2.05. The highest BCUT2D eigenvalue weighted by Crippen LogP contribution is 2.19. The third-order valence-corrected chi connectivity index (χ3v) is 2.05. The minimum Gasteiger partial charge on any atom is -0.493 e. The number of nitrogens with one attached hydrogen (secondary N) is 1. The molecular weight excluding hydrogens is 178 g/mol. The van der Waals surface area contributed by atoms with Gasteiger partial charge in [-0.2, -0.15) is 0 Å². The maximum Gasteiger partial charge on any atom is 0.168 e. The van der Waals surface area contributed by atoms with Crippen molar-refractivity contribution >= 4 is 5.82 Å². The van der Waals surface area contributed by atoms with Gasteiger partial charge in [-0.3, -0.25) is 0 Å². The Balaban J connectivity index is 2.57. The van der Waals surface area contributed by atoms with Gasteiger partial charge in [-0.1, -0.05) is 6.92 Å². The summed E-state index contributed by atoms with van der Waals surface area (Å²) in [6.07, 6.45) is 2.67. The van der Waals surface area contributed by atoms with Gasteiger partial charge in [0.15, 0.2) is 11.6 Å². The summed E-state index contributed by atoms with van der Waals surface area (Å²) in [4.78, 5) is 4.16. The molecule has 4 nitrogen and oxygen atoms in total. The Morgan fingerprint density at radius 3 is 3.07 bits per heavy atom. The molecule has 0 spiro atoms. The number of ether oxygens (including phenoxy) is 1. The van der Waals surface area contributed by atoms with Gasteiger partial charge in [0.2, 0.25) is 0 Å². The Labute approximate surface area is 84.5 Å². The molecule has 0 aliphatic heterocycles. The van der Waals surface area contributed by atoms with Crippen LogP contribution in [0.15, 0.2) is 18.3 Å². The second-order valence-electron chi connectivity index (χ2n) is 3.10. The fourth-order valence-electron chi connectivity index (χ4n) is 1.06. The first kappa shape index (κ1) is 10.8. The number of hydrogen-bond donors (Lipinski definition) is 2. The fraction of sp³-hybridized carbons (Fsp3) is 0.500. The van der Waals surface area contributed by atoms with Crippen LogP contribution in [0.3, 0.4) is 0 Å². The molecule has 0 saturated carbocycles. The first-order chi connectivity index (χ1) is 6.77. The number of rotatable bonds is 5. The molecule has 1 aromatic heterocycles. The van der Waals surface area contributed by atoms with Gasteiger partial charge in [-0.05, 0) is 18.6 Å². The summed E-state index contributed by atoms with van der Waals surface area (Å²) in [6, 6.07) is 3.86. The summed E-state index contributed by atoms with van der Waals surface area (Å²) in [5.74, 6) is 1.50. The maximum atomic E-state index is 5.78. The molecule has 0 aliphatic carbocycles. The van der Waals surface area contributed by atoms with Crippen LogP contribution in [0.25, 0.3) is 0 Å². The molecule has 1 unspecified atom stereocenters. The van der Waals surface area contributed by atoms with E-state index in [9.17, 15) is 0 Å².